The monoisotopic (exact) mass is 259 g/mol. The van der Waals surface area contributed by atoms with Crippen molar-refractivity contribution in [2.24, 2.45) is 0 Å². The van der Waals surface area contributed by atoms with Crippen molar-refractivity contribution >= 4 is 31.3 Å². The largest absolute Gasteiger partial charge is 0.415 e. The summed E-state index contributed by atoms with van der Waals surface area (Å²) in [6.45, 7) is 11.6. The van der Waals surface area contributed by atoms with Gasteiger partial charge in [0, 0.05) is 6.42 Å². The van der Waals surface area contributed by atoms with E-state index in [0.717, 1.165) is 0 Å². The summed E-state index contributed by atoms with van der Waals surface area (Å²) in [5, 5.41) is 3.21. The lowest BCUT2D eigenvalue weighted by Gasteiger charge is -2.36. The Hall–Kier alpha value is -0.263. The first-order valence-electron chi connectivity index (χ1n) is 5.61. The molecular formula is C11H21NO2SSi. The van der Waals surface area contributed by atoms with Crippen molar-refractivity contribution in [1.82, 2.24) is 5.32 Å². The highest BCUT2D eigenvalue weighted by molar-refractivity contribution is 7.82. The molecule has 1 N–H and O–H groups in total. The van der Waals surface area contributed by atoms with Gasteiger partial charge in [0.15, 0.2) is 14.1 Å². The molecule has 1 aliphatic rings. The fourth-order valence-corrected chi connectivity index (χ4v) is 2.56. The molecule has 1 fully saturated rings. The first-order valence-corrected chi connectivity index (χ1v) is 8.93. The molecule has 1 saturated heterocycles. The third-order valence-electron chi connectivity index (χ3n) is 3.47. The van der Waals surface area contributed by atoms with Gasteiger partial charge in [-0.1, -0.05) is 33.0 Å². The van der Waals surface area contributed by atoms with Crippen molar-refractivity contribution in [3.63, 3.8) is 0 Å². The molecule has 1 atom stereocenters. The third kappa shape index (κ3) is 3.12. The molecule has 0 bridgehead atoms. The highest BCUT2D eigenvalue weighted by Crippen LogP contribution is 2.36. The predicted molar refractivity (Wildman–Crippen MR) is 72.3 cm³/mol. The summed E-state index contributed by atoms with van der Waals surface area (Å²) in [5.74, 6) is 0.0406. The number of nitrogens with one attached hydrogen (secondary N) is 1. The Kier molecular flexibility index (Phi) is 3.92. The van der Waals surface area contributed by atoms with Crippen molar-refractivity contribution in [3.05, 3.63) is 0 Å². The molecule has 16 heavy (non-hydrogen) atoms. The molecule has 1 rings (SSSR count). The van der Waals surface area contributed by atoms with Crippen LogP contribution in [0.3, 0.4) is 0 Å². The Morgan fingerprint density at radius 3 is 2.44 bits per heavy atom. The van der Waals surface area contributed by atoms with Crippen molar-refractivity contribution < 1.29 is 9.22 Å². The molecule has 5 heteroatoms. The molecule has 0 amide bonds. The van der Waals surface area contributed by atoms with E-state index in [0.29, 0.717) is 18.0 Å². The van der Waals surface area contributed by atoms with Gasteiger partial charge in [0.2, 0.25) is 0 Å². The molecule has 0 saturated carbocycles. The van der Waals surface area contributed by atoms with E-state index in [1.165, 1.54) is 0 Å². The van der Waals surface area contributed by atoms with Gasteiger partial charge < -0.3 is 9.74 Å². The third-order valence-corrected chi connectivity index (χ3v) is 8.32. The number of hydrogen-bond donors (Lipinski definition) is 1. The zero-order valence-corrected chi connectivity index (χ0v) is 12.5. The number of rotatable bonds is 3. The minimum atomic E-state index is -1.71. The van der Waals surface area contributed by atoms with Gasteiger partial charge in [-0.2, -0.15) is 0 Å². The van der Waals surface area contributed by atoms with Crippen LogP contribution in [0, 0.1) is 0 Å². The van der Waals surface area contributed by atoms with E-state index in [2.05, 4.69) is 39.2 Å². The number of thiocarbonyl (C=S) groups is 1. The van der Waals surface area contributed by atoms with Crippen LogP contribution in [0.5, 0.6) is 0 Å². The van der Waals surface area contributed by atoms with E-state index in [9.17, 15) is 4.79 Å². The van der Waals surface area contributed by atoms with Gasteiger partial charge in [-0.05, 0) is 18.1 Å². The van der Waals surface area contributed by atoms with Crippen molar-refractivity contribution in [2.45, 2.75) is 51.4 Å². The summed E-state index contributed by atoms with van der Waals surface area (Å²) < 4.78 is 6.04. The number of ketones is 1. The van der Waals surface area contributed by atoms with Crippen molar-refractivity contribution in [3.8, 4) is 0 Å². The Morgan fingerprint density at radius 2 is 2.06 bits per heavy atom. The molecule has 3 nitrogen and oxygen atoms in total. The van der Waals surface area contributed by atoms with Crippen LogP contribution in [0.25, 0.3) is 0 Å². The lowest BCUT2D eigenvalue weighted by Crippen LogP contribution is -2.44. The maximum absolute atomic E-state index is 11.3. The van der Waals surface area contributed by atoms with Gasteiger partial charge in [-0.15, -0.1) is 0 Å². The van der Waals surface area contributed by atoms with E-state index in [1.54, 1.807) is 0 Å². The average molecular weight is 259 g/mol. The minimum Gasteiger partial charge on any atom is -0.415 e. The van der Waals surface area contributed by atoms with Gasteiger partial charge in [-0.3, -0.25) is 4.79 Å². The maximum atomic E-state index is 11.3. The summed E-state index contributed by atoms with van der Waals surface area (Å²) >= 11 is 4.89. The SMILES string of the molecule is CC(C)(C)[Si](C)(C)OC[C@@H]1CC(=O)C(=S)N1. The van der Waals surface area contributed by atoms with Crippen LogP contribution >= 0.6 is 12.2 Å². The smallest absolute Gasteiger partial charge is 0.192 e. The van der Waals surface area contributed by atoms with Crippen molar-refractivity contribution in [1.29, 1.82) is 0 Å². The molecule has 1 aliphatic heterocycles. The Balaban J connectivity index is 2.47. The molecule has 0 aliphatic carbocycles. The first kappa shape index (κ1) is 13.8. The van der Waals surface area contributed by atoms with Crippen molar-refractivity contribution in [2.75, 3.05) is 6.61 Å². The zero-order chi connectivity index (χ0) is 12.6. The van der Waals surface area contributed by atoms with E-state index in [-0.39, 0.29) is 16.9 Å². The molecule has 0 unspecified atom stereocenters. The number of carbonyl (C=O) groups excluding carboxylic acids is 1. The highest BCUT2D eigenvalue weighted by Gasteiger charge is 2.38. The fraction of sp³-hybridized carbons (Fsp3) is 0.818. The Morgan fingerprint density at radius 1 is 1.50 bits per heavy atom. The fourth-order valence-electron chi connectivity index (χ4n) is 1.26. The Bertz CT molecular complexity index is 294. The van der Waals surface area contributed by atoms with Crippen LogP contribution in [0.4, 0.5) is 0 Å². The molecule has 1 heterocycles. The number of carbonyl (C=O) groups is 1. The van der Waals surface area contributed by atoms with E-state index >= 15 is 0 Å². The Labute approximate surface area is 104 Å². The van der Waals surface area contributed by atoms with Crippen LogP contribution in [-0.2, 0) is 9.22 Å². The minimum absolute atomic E-state index is 0.0406. The van der Waals surface area contributed by atoms with Crippen LogP contribution < -0.4 is 5.32 Å². The molecule has 0 aromatic heterocycles. The lowest BCUT2D eigenvalue weighted by atomic mass is 10.2. The quantitative estimate of drug-likeness (QED) is 0.623. The van der Waals surface area contributed by atoms with E-state index in [4.69, 9.17) is 16.6 Å². The van der Waals surface area contributed by atoms with Gasteiger partial charge in [0.1, 0.15) is 4.99 Å². The molecule has 0 spiro atoms. The molecule has 0 aromatic rings. The number of Topliss-reactive ketones (excluding diaryl/α,β-unsaturated/α-hetero) is 1. The zero-order valence-electron chi connectivity index (χ0n) is 10.7. The molecule has 92 valence electrons. The van der Waals surface area contributed by atoms with Gasteiger partial charge in [0.25, 0.3) is 0 Å². The molecule has 0 aromatic carbocycles. The standard InChI is InChI=1S/C11H21NO2SSi/c1-11(2,3)16(4,5)14-7-8-6-9(13)10(15)12-8/h8H,6-7H2,1-5H3,(H,12,15)/t8-/m0/s1. The molecular weight excluding hydrogens is 238 g/mol. The van der Waals surface area contributed by atoms with E-state index in [1.807, 2.05) is 0 Å². The molecule has 0 radical (unpaired) electrons. The lowest BCUT2D eigenvalue weighted by molar-refractivity contribution is -0.112. The summed E-state index contributed by atoms with van der Waals surface area (Å²) in [6.07, 6.45) is 0.480. The van der Waals surface area contributed by atoms with E-state index < -0.39 is 8.32 Å². The normalized spacial score (nSPS) is 22.4. The summed E-state index contributed by atoms with van der Waals surface area (Å²) in [7, 11) is -1.71. The second kappa shape index (κ2) is 4.54. The van der Waals surface area contributed by atoms with Crippen LogP contribution in [0.2, 0.25) is 18.1 Å². The number of hydrogen-bond acceptors (Lipinski definition) is 3. The van der Waals surface area contributed by atoms with Gasteiger partial charge in [0.05, 0.1) is 12.6 Å². The van der Waals surface area contributed by atoms with Gasteiger partial charge >= 0.3 is 0 Å². The topological polar surface area (TPSA) is 38.3 Å². The maximum Gasteiger partial charge on any atom is 0.192 e. The van der Waals surface area contributed by atoms with Crippen LogP contribution in [0.1, 0.15) is 27.2 Å². The highest BCUT2D eigenvalue weighted by atomic mass is 32.1. The van der Waals surface area contributed by atoms with Gasteiger partial charge in [-0.25, -0.2) is 0 Å². The first-order chi connectivity index (χ1) is 7.13. The van der Waals surface area contributed by atoms with Crippen LogP contribution in [-0.4, -0.2) is 31.7 Å². The second-order valence-corrected chi connectivity index (χ2v) is 11.1. The van der Waals surface area contributed by atoms with Crippen LogP contribution in [0.15, 0.2) is 0 Å². The second-order valence-electron chi connectivity index (χ2n) is 5.87. The summed E-state index contributed by atoms with van der Waals surface area (Å²) in [5.41, 5.74) is 0. The summed E-state index contributed by atoms with van der Waals surface area (Å²) in [6, 6.07) is 0.0779. The summed E-state index contributed by atoms with van der Waals surface area (Å²) in [4.78, 5) is 11.6. The average Bonchev–Trinajstić information content (AvgIpc) is 2.41. The predicted octanol–water partition coefficient (Wildman–Crippen LogP) is 2.27.